The van der Waals surface area contributed by atoms with Crippen LogP contribution in [-0.2, 0) is 4.79 Å². The monoisotopic (exact) mass is 248 g/mol. The van der Waals surface area contributed by atoms with Crippen molar-refractivity contribution in [1.29, 1.82) is 0 Å². The van der Waals surface area contributed by atoms with E-state index in [1.54, 1.807) is 6.92 Å². The van der Waals surface area contributed by atoms with E-state index in [0.717, 1.165) is 15.9 Å². The molecule has 1 atom stereocenters. The molecule has 0 saturated heterocycles. The number of aryl methyl sites for hydroxylation is 1. The minimum Gasteiger partial charge on any atom is -0.480 e. The smallest absolute Gasteiger partial charge is 0.316 e. The zero-order chi connectivity index (χ0) is 12.4. The van der Waals surface area contributed by atoms with Crippen molar-refractivity contribution >= 4 is 28.6 Å². The highest BCUT2D eigenvalue weighted by atomic mass is 32.2. The average molecular weight is 248 g/mol. The predicted molar refractivity (Wildman–Crippen MR) is 67.2 cm³/mol. The van der Waals surface area contributed by atoms with Gasteiger partial charge in [0.2, 0.25) is 0 Å². The second kappa shape index (κ2) is 4.71. The van der Waals surface area contributed by atoms with Crippen LogP contribution in [0.25, 0.3) is 10.9 Å². The molecule has 0 bridgehead atoms. The molecule has 0 radical (unpaired) electrons. The van der Waals surface area contributed by atoms with Crippen LogP contribution in [0, 0.1) is 6.92 Å². The molecule has 0 aliphatic carbocycles. The Morgan fingerprint density at radius 1 is 1.35 bits per heavy atom. The molecule has 1 aromatic heterocycles. The number of carboxylic acids is 1. The van der Waals surface area contributed by atoms with Gasteiger partial charge in [-0.05, 0) is 19.9 Å². The first-order valence-electron chi connectivity index (χ1n) is 5.21. The summed E-state index contributed by atoms with van der Waals surface area (Å²) in [5.74, 6) is -0.181. The van der Waals surface area contributed by atoms with Crippen LogP contribution in [0.2, 0.25) is 0 Å². The second-order valence-electron chi connectivity index (χ2n) is 3.69. The van der Waals surface area contributed by atoms with Crippen molar-refractivity contribution in [3.63, 3.8) is 0 Å². The Hall–Kier alpha value is -1.62. The van der Waals surface area contributed by atoms with E-state index in [1.165, 1.54) is 11.8 Å². The van der Waals surface area contributed by atoms with Gasteiger partial charge in [-0.3, -0.25) is 4.79 Å². The minimum absolute atomic E-state index is 0.521. The number of hydrogen-bond donors (Lipinski definition) is 1. The van der Waals surface area contributed by atoms with E-state index in [2.05, 4.69) is 9.97 Å². The first-order chi connectivity index (χ1) is 8.08. The molecule has 0 aliphatic rings. The summed E-state index contributed by atoms with van der Waals surface area (Å²) in [4.78, 5) is 19.5. The molecular weight excluding hydrogens is 236 g/mol. The number of carboxylic acid groups (broad SMARTS) is 1. The number of aliphatic carboxylic acids is 1. The van der Waals surface area contributed by atoms with E-state index in [9.17, 15) is 4.79 Å². The molecule has 1 N–H and O–H groups in total. The van der Waals surface area contributed by atoms with Gasteiger partial charge in [0.1, 0.15) is 16.1 Å². The van der Waals surface area contributed by atoms with E-state index in [0.29, 0.717) is 5.82 Å². The van der Waals surface area contributed by atoms with Gasteiger partial charge in [0.05, 0.1) is 5.52 Å². The van der Waals surface area contributed by atoms with Crippen LogP contribution in [0.4, 0.5) is 0 Å². The standard InChI is InChI=1S/C12H12N2O2S/c1-7(12(15)16)17-11-9-5-3-4-6-10(9)13-8(2)14-11/h3-7H,1-2H3,(H,15,16)/t7-/m1/s1. The first kappa shape index (κ1) is 11.9. The lowest BCUT2D eigenvalue weighted by atomic mass is 10.2. The maximum atomic E-state index is 10.9. The third-order valence-corrected chi connectivity index (χ3v) is 3.41. The Morgan fingerprint density at radius 2 is 2.06 bits per heavy atom. The molecular formula is C12H12N2O2S. The summed E-state index contributed by atoms with van der Waals surface area (Å²) in [6, 6.07) is 7.62. The Balaban J connectivity index is 2.49. The van der Waals surface area contributed by atoms with Crippen LogP contribution in [0.5, 0.6) is 0 Å². The summed E-state index contributed by atoms with van der Waals surface area (Å²) in [5, 5.41) is 10.0. The first-order valence-corrected chi connectivity index (χ1v) is 6.09. The van der Waals surface area contributed by atoms with Crippen molar-refractivity contribution in [2.24, 2.45) is 0 Å². The molecule has 0 saturated carbocycles. The fraction of sp³-hybridized carbons (Fsp3) is 0.250. The highest BCUT2D eigenvalue weighted by molar-refractivity contribution is 8.00. The molecule has 0 unspecified atom stereocenters. The number of para-hydroxylation sites is 1. The van der Waals surface area contributed by atoms with Gasteiger partial charge in [0.15, 0.2) is 0 Å². The van der Waals surface area contributed by atoms with E-state index in [1.807, 2.05) is 31.2 Å². The summed E-state index contributed by atoms with van der Waals surface area (Å²) >= 11 is 1.24. The molecule has 1 heterocycles. The van der Waals surface area contributed by atoms with Crippen LogP contribution in [0.15, 0.2) is 29.3 Å². The number of carbonyl (C=O) groups is 1. The largest absolute Gasteiger partial charge is 0.480 e. The van der Waals surface area contributed by atoms with Gasteiger partial charge >= 0.3 is 5.97 Å². The third-order valence-electron chi connectivity index (χ3n) is 2.32. The fourth-order valence-corrected chi connectivity index (χ4v) is 2.39. The minimum atomic E-state index is -0.838. The molecule has 2 aromatic rings. The van der Waals surface area contributed by atoms with Gasteiger partial charge in [0.25, 0.3) is 0 Å². The summed E-state index contributed by atoms with van der Waals surface area (Å²) in [6.07, 6.45) is 0. The predicted octanol–water partition coefficient (Wildman–Crippen LogP) is 2.50. The van der Waals surface area contributed by atoms with Gasteiger partial charge < -0.3 is 5.11 Å². The van der Waals surface area contributed by atoms with Crippen LogP contribution >= 0.6 is 11.8 Å². The van der Waals surface area contributed by atoms with Crippen molar-refractivity contribution in [3.05, 3.63) is 30.1 Å². The zero-order valence-electron chi connectivity index (χ0n) is 9.54. The lowest BCUT2D eigenvalue weighted by Gasteiger charge is -2.08. The maximum absolute atomic E-state index is 10.9. The normalized spacial score (nSPS) is 12.6. The Bertz CT molecular complexity index is 571. The summed E-state index contributed by atoms with van der Waals surface area (Å²) in [7, 11) is 0. The molecule has 4 nitrogen and oxygen atoms in total. The van der Waals surface area contributed by atoms with E-state index in [-0.39, 0.29) is 0 Å². The highest BCUT2D eigenvalue weighted by Crippen LogP contribution is 2.28. The second-order valence-corrected chi connectivity index (χ2v) is 5.02. The molecule has 1 aromatic carbocycles. The lowest BCUT2D eigenvalue weighted by molar-refractivity contribution is -0.136. The topological polar surface area (TPSA) is 63.1 Å². The number of aromatic nitrogens is 2. The van der Waals surface area contributed by atoms with Crippen molar-refractivity contribution in [1.82, 2.24) is 9.97 Å². The van der Waals surface area contributed by atoms with Gasteiger partial charge in [0, 0.05) is 5.39 Å². The Kier molecular flexibility index (Phi) is 3.28. The molecule has 88 valence electrons. The molecule has 2 rings (SSSR count). The van der Waals surface area contributed by atoms with Crippen molar-refractivity contribution < 1.29 is 9.90 Å². The number of rotatable bonds is 3. The fourth-order valence-electron chi connectivity index (χ4n) is 1.47. The average Bonchev–Trinajstić information content (AvgIpc) is 2.28. The Labute approximate surface area is 103 Å². The lowest BCUT2D eigenvalue weighted by Crippen LogP contribution is -2.11. The molecule has 0 spiro atoms. The van der Waals surface area contributed by atoms with Crippen molar-refractivity contribution in [2.75, 3.05) is 0 Å². The van der Waals surface area contributed by atoms with Crippen LogP contribution in [0.1, 0.15) is 12.7 Å². The number of thioether (sulfide) groups is 1. The molecule has 5 heteroatoms. The van der Waals surface area contributed by atoms with Crippen molar-refractivity contribution in [2.45, 2.75) is 24.1 Å². The van der Waals surface area contributed by atoms with Gasteiger partial charge in [-0.2, -0.15) is 0 Å². The summed E-state index contributed by atoms with van der Waals surface area (Å²) < 4.78 is 0. The van der Waals surface area contributed by atoms with Gasteiger partial charge in [-0.1, -0.05) is 30.0 Å². The SMILES string of the molecule is Cc1nc(S[C@H](C)C(=O)O)c2ccccc2n1. The summed E-state index contributed by atoms with van der Waals surface area (Å²) in [6.45, 7) is 3.46. The number of hydrogen-bond acceptors (Lipinski definition) is 4. The van der Waals surface area contributed by atoms with Crippen LogP contribution in [-0.4, -0.2) is 26.3 Å². The number of nitrogens with zero attached hydrogens (tertiary/aromatic N) is 2. The van der Waals surface area contributed by atoms with E-state index >= 15 is 0 Å². The van der Waals surface area contributed by atoms with Gasteiger partial charge in [-0.25, -0.2) is 9.97 Å². The van der Waals surface area contributed by atoms with E-state index < -0.39 is 11.2 Å². The maximum Gasteiger partial charge on any atom is 0.316 e. The quantitative estimate of drug-likeness (QED) is 0.668. The van der Waals surface area contributed by atoms with Crippen LogP contribution in [0.3, 0.4) is 0 Å². The van der Waals surface area contributed by atoms with Crippen LogP contribution < -0.4 is 0 Å². The molecule has 0 aliphatic heterocycles. The third kappa shape index (κ3) is 2.55. The molecule has 17 heavy (non-hydrogen) atoms. The molecule has 0 amide bonds. The van der Waals surface area contributed by atoms with E-state index in [4.69, 9.17) is 5.11 Å². The number of benzene rings is 1. The zero-order valence-corrected chi connectivity index (χ0v) is 10.4. The number of fused-ring (bicyclic) bond motifs is 1. The highest BCUT2D eigenvalue weighted by Gasteiger charge is 2.15. The molecule has 0 fully saturated rings. The summed E-state index contributed by atoms with van der Waals surface area (Å²) in [5.41, 5.74) is 0.847. The Morgan fingerprint density at radius 3 is 2.76 bits per heavy atom. The van der Waals surface area contributed by atoms with Gasteiger partial charge in [-0.15, -0.1) is 0 Å². The van der Waals surface area contributed by atoms with Crippen molar-refractivity contribution in [3.8, 4) is 0 Å².